The summed E-state index contributed by atoms with van der Waals surface area (Å²) in [5, 5.41) is 3.19. The number of rotatable bonds is 3. The second kappa shape index (κ2) is 8.71. The number of pyridine rings is 2. The lowest BCUT2D eigenvalue weighted by Gasteiger charge is -2.21. The van der Waals surface area contributed by atoms with Crippen molar-refractivity contribution in [1.29, 1.82) is 0 Å². The first kappa shape index (κ1) is 24.2. The number of alkyl halides is 6. The third-order valence-electron chi connectivity index (χ3n) is 5.44. The molecule has 2 atom stereocenters. The molecule has 13 heteroatoms. The van der Waals surface area contributed by atoms with Crippen molar-refractivity contribution in [1.82, 2.24) is 20.2 Å². The summed E-state index contributed by atoms with van der Waals surface area (Å²) in [4.78, 5) is 33.9. The maximum absolute atomic E-state index is 13.2. The number of hydrogen-bond acceptors (Lipinski definition) is 5. The molecule has 1 N–H and O–H groups in total. The fraction of sp³-hybridized carbons (Fsp3) is 0.273. The highest BCUT2D eigenvalue weighted by Gasteiger charge is 2.45. The van der Waals surface area contributed by atoms with E-state index in [4.69, 9.17) is 4.74 Å². The Morgan fingerprint density at radius 3 is 2.37 bits per heavy atom. The number of carbonyl (C=O) groups is 2. The van der Waals surface area contributed by atoms with E-state index in [1.54, 1.807) is 24.5 Å². The van der Waals surface area contributed by atoms with Crippen LogP contribution in [-0.4, -0.2) is 33.0 Å². The summed E-state index contributed by atoms with van der Waals surface area (Å²) in [5.41, 5.74) is -2.55. The molecule has 4 rings (SSSR count). The van der Waals surface area contributed by atoms with Gasteiger partial charge in [-0.2, -0.15) is 26.3 Å². The summed E-state index contributed by atoms with van der Waals surface area (Å²) in [6, 6.07) is 2.23. The molecule has 3 amide bonds. The highest BCUT2D eigenvalue weighted by molar-refractivity contribution is 5.93. The van der Waals surface area contributed by atoms with Gasteiger partial charge in [0.15, 0.2) is 0 Å². The molecule has 1 aliphatic heterocycles. The maximum Gasteiger partial charge on any atom is 0.419 e. The molecular formula is C22H16F6N4O3. The molecule has 0 aliphatic carbocycles. The summed E-state index contributed by atoms with van der Waals surface area (Å²) < 4.78 is 84.3. The number of cyclic esters (lactones) is 1. The van der Waals surface area contributed by atoms with Crippen molar-refractivity contribution in [3.63, 3.8) is 0 Å². The second-order valence-electron chi connectivity index (χ2n) is 7.79. The van der Waals surface area contributed by atoms with Crippen LogP contribution in [0.4, 0.5) is 35.9 Å². The number of fused-ring (bicyclic) bond motifs is 1. The molecule has 1 saturated heterocycles. The lowest BCUT2D eigenvalue weighted by Crippen LogP contribution is -2.44. The second-order valence-corrected chi connectivity index (χ2v) is 7.79. The van der Waals surface area contributed by atoms with Crippen LogP contribution in [0.3, 0.4) is 0 Å². The van der Waals surface area contributed by atoms with Crippen LogP contribution in [0.2, 0.25) is 0 Å². The van der Waals surface area contributed by atoms with Gasteiger partial charge in [-0.05, 0) is 42.8 Å². The monoisotopic (exact) mass is 498 g/mol. The first-order valence-electron chi connectivity index (χ1n) is 10.1. The van der Waals surface area contributed by atoms with Gasteiger partial charge in [-0.1, -0.05) is 0 Å². The molecular weight excluding hydrogens is 482 g/mol. The minimum absolute atomic E-state index is 0.0261. The van der Waals surface area contributed by atoms with Gasteiger partial charge < -0.3 is 10.1 Å². The standard InChI is InChI=1S/C22H16F6N4O3/c1-11-18(13-5-15(21(23,24)25)7-16(6-13)22(26,27)28)35-20(34)32(11)19(33)31-10-14-9-29-8-12-3-2-4-30-17(12)14/h2-9,11,18H,10H2,1H3,(H,31,33)/t11-,18-/m0/s1. The Morgan fingerprint density at radius 1 is 1.09 bits per heavy atom. The lowest BCUT2D eigenvalue weighted by atomic mass is 9.97. The van der Waals surface area contributed by atoms with E-state index in [-0.39, 0.29) is 12.6 Å². The maximum atomic E-state index is 13.2. The summed E-state index contributed by atoms with van der Waals surface area (Å²) in [6.45, 7) is 1.19. The van der Waals surface area contributed by atoms with E-state index in [2.05, 4.69) is 15.3 Å². The Balaban J connectivity index is 1.57. The van der Waals surface area contributed by atoms with Gasteiger partial charge in [0.2, 0.25) is 0 Å². The quantitative estimate of drug-likeness (QED) is 0.485. The third kappa shape index (κ3) is 4.84. The molecule has 0 radical (unpaired) electrons. The minimum atomic E-state index is -5.07. The largest absolute Gasteiger partial charge is 0.439 e. The molecule has 35 heavy (non-hydrogen) atoms. The molecule has 2 aromatic heterocycles. The zero-order valence-electron chi connectivity index (χ0n) is 17.8. The van der Waals surface area contributed by atoms with Crippen molar-refractivity contribution in [3.8, 4) is 0 Å². The van der Waals surface area contributed by atoms with E-state index >= 15 is 0 Å². The number of nitrogens with zero attached hydrogens (tertiary/aromatic N) is 3. The van der Waals surface area contributed by atoms with Crippen molar-refractivity contribution in [3.05, 3.63) is 71.2 Å². The third-order valence-corrected chi connectivity index (χ3v) is 5.44. The van der Waals surface area contributed by atoms with Crippen molar-refractivity contribution in [2.75, 3.05) is 0 Å². The first-order chi connectivity index (χ1) is 16.4. The van der Waals surface area contributed by atoms with E-state index < -0.39 is 53.3 Å². The molecule has 184 valence electrons. The average molecular weight is 498 g/mol. The number of aromatic nitrogens is 2. The van der Waals surface area contributed by atoms with Crippen LogP contribution in [-0.2, 0) is 23.6 Å². The van der Waals surface area contributed by atoms with E-state index in [0.717, 1.165) is 0 Å². The predicted molar refractivity (Wildman–Crippen MR) is 109 cm³/mol. The van der Waals surface area contributed by atoms with Crippen LogP contribution in [0.25, 0.3) is 10.9 Å². The Kier molecular flexibility index (Phi) is 6.03. The van der Waals surface area contributed by atoms with Gasteiger partial charge in [-0.25, -0.2) is 14.5 Å². The van der Waals surface area contributed by atoms with Gasteiger partial charge >= 0.3 is 24.5 Å². The van der Waals surface area contributed by atoms with E-state index in [1.807, 2.05) is 0 Å². The van der Waals surface area contributed by atoms with Gasteiger partial charge in [0, 0.05) is 36.1 Å². The Morgan fingerprint density at radius 2 is 1.74 bits per heavy atom. The molecule has 3 aromatic rings. The number of imide groups is 1. The number of ether oxygens (including phenoxy) is 1. The Bertz CT molecular complexity index is 1260. The van der Waals surface area contributed by atoms with Crippen LogP contribution in [0, 0.1) is 0 Å². The molecule has 0 bridgehead atoms. The van der Waals surface area contributed by atoms with Gasteiger partial charge in [-0.15, -0.1) is 0 Å². The summed E-state index contributed by atoms with van der Waals surface area (Å²) in [5.74, 6) is 0. The normalized spacial score (nSPS) is 18.6. The fourth-order valence-electron chi connectivity index (χ4n) is 3.77. The molecule has 1 fully saturated rings. The van der Waals surface area contributed by atoms with Crippen molar-refractivity contribution < 1.29 is 40.7 Å². The fourth-order valence-corrected chi connectivity index (χ4v) is 3.77. The van der Waals surface area contributed by atoms with E-state index in [1.165, 1.54) is 13.1 Å². The Hall–Kier alpha value is -3.90. The van der Waals surface area contributed by atoms with Crippen molar-refractivity contribution in [2.45, 2.75) is 38.0 Å². The minimum Gasteiger partial charge on any atom is -0.439 e. The number of urea groups is 1. The molecule has 0 saturated carbocycles. The Labute approximate surface area is 193 Å². The topological polar surface area (TPSA) is 84.4 Å². The summed E-state index contributed by atoms with van der Waals surface area (Å²) >= 11 is 0. The summed E-state index contributed by atoms with van der Waals surface area (Å²) in [6.07, 6.45) is -8.31. The number of amides is 3. The number of hydrogen-bond donors (Lipinski definition) is 1. The molecule has 3 heterocycles. The summed E-state index contributed by atoms with van der Waals surface area (Å²) in [7, 11) is 0. The molecule has 1 aliphatic rings. The van der Waals surface area contributed by atoms with E-state index in [0.29, 0.717) is 33.5 Å². The van der Waals surface area contributed by atoms with Crippen LogP contribution in [0.5, 0.6) is 0 Å². The van der Waals surface area contributed by atoms with Gasteiger partial charge in [0.1, 0.15) is 6.10 Å². The first-order valence-corrected chi connectivity index (χ1v) is 10.1. The number of benzene rings is 1. The van der Waals surface area contributed by atoms with Crippen LogP contribution in [0.1, 0.15) is 35.3 Å². The number of halogens is 6. The zero-order chi connectivity index (χ0) is 25.5. The van der Waals surface area contributed by atoms with Gasteiger partial charge in [0.05, 0.1) is 22.7 Å². The molecule has 1 aromatic carbocycles. The molecule has 0 spiro atoms. The molecule has 7 nitrogen and oxygen atoms in total. The van der Waals surface area contributed by atoms with E-state index in [9.17, 15) is 35.9 Å². The van der Waals surface area contributed by atoms with Crippen LogP contribution in [0.15, 0.2) is 48.9 Å². The average Bonchev–Trinajstić information content (AvgIpc) is 3.09. The van der Waals surface area contributed by atoms with Crippen LogP contribution >= 0.6 is 0 Å². The predicted octanol–water partition coefficient (Wildman–Crippen LogP) is 5.46. The SMILES string of the molecule is C[C@H]1[C@@H](c2cc(C(F)(F)F)cc(C(F)(F)F)c2)OC(=O)N1C(=O)NCc1cncc2cccnc12. The highest BCUT2D eigenvalue weighted by Crippen LogP contribution is 2.40. The number of carbonyl (C=O) groups excluding carboxylic acids is 2. The van der Waals surface area contributed by atoms with Crippen molar-refractivity contribution in [2.24, 2.45) is 0 Å². The highest BCUT2D eigenvalue weighted by atomic mass is 19.4. The number of nitrogens with one attached hydrogen (secondary N) is 1. The van der Waals surface area contributed by atoms with Gasteiger partial charge in [0.25, 0.3) is 0 Å². The van der Waals surface area contributed by atoms with Crippen molar-refractivity contribution >= 4 is 23.0 Å². The lowest BCUT2D eigenvalue weighted by molar-refractivity contribution is -0.143. The molecule has 0 unspecified atom stereocenters. The smallest absolute Gasteiger partial charge is 0.419 e. The zero-order valence-corrected chi connectivity index (χ0v) is 17.8. The van der Waals surface area contributed by atoms with Gasteiger partial charge in [-0.3, -0.25) is 9.97 Å². The van der Waals surface area contributed by atoms with Crippen LogP contribution < -0.4 is 5.32 Å².